The molecule has 8 nitrogen and oxygen atoms in total. The van der Waals surface area contributed by atoms with Crippen LogP contribution in [0.15, 0.2) is 24.5 Å². The van der Waals surface area contributed by atoms with Crippen molar-refractivity contribution in [3.63, 3.8) is 0 Å². The fraction of sp³-hybridized carbons (Fsp3) is 0.625. The van der Waals surface area contributed by atoms with Gasteiger partial charge in [0.1, 0.15) is 12.2 Å². The van der Waals surface area contributed by atoms with Gasteiger partial charge in [-0.05, 0) is 49.1 Å². The van der Waals surface area contributed by atoms with Crippen LogP contribution >= 0.6 is 0 Å². The molecule has 0 bridgehead atoms. The summed E-state index contributed by atoms with van der Waals surface area (Å²) < 4.78 is 12.9. The van der Waals surface area contributed by atoms with E-state index < -0.39 is 0 Å². The molecule has 1 aliphatic heterocycles. The smallest absolute Gasteiger partial charge is 0.321 e. The van der Waals surface area contributed by atoms with Crippen molar-refractivity contribution in [3.8, 4) is 11.5 Å². The summed E-state index contributed by atoms with van der Waals surface area (Å²) in [6.45, 7) is 2.46. The predicted molar refractivity (Wildman–Crippen MR) is 121 cm³/mol. The first-order chi connectivity index (χ1) is 15.6. The van der Waals surface area contributed by atoms with Gasteiger partial charge < -0.3 is 24.3 Å². The molecule has 172 valence electrons. The van der Waals surface area contributed by atoms with E-state index in [1.807, 2.05) is 23.4 Å². The number of nitrogens with zero attached hydrogens (tertiary/aromatic N) is 4. The van der Waals surface area contributed by atoms with Crippen LogP contribution in [0.25, 0.3) is 0 Å². The maximum atomic E-state index is 13.3. The lowest BCUT2D eigenvalue weighted by atomic mass is 9.67. The van der Waals surface area contributed by atoms with Gasteiger partial charge in [0.25, 0.3) is 0 Å². The molecule has 1 atom stereocenters. The van der Waals surface area contributed by atoms with E-state index in [4.69, 9.17) is 9.47 Å². The summed E-state index contributed by atoms with van der Waals surface area (Å²) in [7, 11) is 3.20. The average molecular weight is 440 g/mol. The number of carbonyl (C=O) groups excluding carboxylic acids is 1. The van der Waals surface area contributed by atoms with Crippen LogP contribution in [0.5, 0.6) is 11.5 Å². The third-order valence-corrected chi connectivity index (χ3v) is 7.53. The number of amides is 2. The van der Waals surface area contributed by atoms with Crippen LogP contribution in [-0.2, 0) is 6.54 Å². The Labute approximate surface area is 189 Å². The Hall–Kier alpha value is -2.77. The van der Waals surface area contributed by atoms with Gasteiger partial charge in [0, 0.05) is 37.3 Å². The van der Waals surface area contributed by atoms with Crippen molar-refractivity contribution in [3.05, 3.63) is 30.4 Å². The number of hydrogen-bond donors (Lipinski definition) is 1. The van der Waals surface area contributed by atoms with Crippen LogP contribution in [0.3, 0.4) is 0 Å². The summed E-state index contributed by atoms with van der Waals surface area (Å²) in [6.07, 6.45) is 10.5. The van der Waals surface area contributed by atoms with Crippen molar-refractivity contribution < 1.29 is 14.3 Å². The summed E-state index contributed by atoms with van der Waals surface area (Å²) in [5, 5.41) is 11.9. The molecule has 5 rings (SSSR count). The number of nitrogens with one attached hydrogen (secondary N) is 1. The minimum absolute atomic E-state index is 0.0714. The Morgan fingerprint density at radius 1 is 1.16 bits per heavy atom. The summed E-state index contributed by atoms with van der Waals surface area (Å²) in [4.78, 5) is 15.3. The molecular weight excluding hydrogens is 406 g/mol. The first kappa shape index (κ1) is 21.1. The van der Waals surface area contributed by atoms with Crippen molar-refractivity contribution in [2.24, 2.45) is 11.3 Å². The summed E-state index contributed by atoms with van der Waals surface area (Å²) >= 11 is 0. The van der Waals surface area contributed by atoms with Gasteiger partial charge in [-0.25, -0.2) is 4.79 Å². The fourth-order valence-corrected chi connectivity index (χ4v) is 5.61. The summed E-state index contributed by atoms with van der Waals surface area (Å²) in [5.74, 6) is 3.31. The lowest BCUT2D eigenvalue weighted by Crippen LogP contribution is -2.36. The van der Waals surface area contributed by atoms with Gasteiger partial charge in [0.05, 0.1) is 14.2 Å². The zero-order chi connectivity index (χ0) is 22.1. The van der Waals surface area contributed by atoms with Crippen LogP contribution in [0, 0.1) is 11.3 Å². The van der Waals surface area contributed by atoms with Crippen molar-refractivity contribution in [1.82, 2.24) is 19.7 Å². The average Bonchev–Trinajstić information content (AvgIpc) is 3.40. The van der Waals surface area contributed by atoms with E-state index in [-0.39, 0.29) is 17.4 Å². The van der Waals surface area contributed by atoms with Gasteiger partial charge in [-0.3, -0.25) is 0 Å². The van der Waals surface area contributed by atoms with Gasteiger partial charge in [-0.1, -0.05) is 19.3 Å². The Morgan fingerprint density at radius 2 is 1.94 bits per heavy atom. The molecule has 1 N–H and O–H groups in total. The van der Waals surface area contributed by atoms with E-state index in [1.165, 1.54) is 32.1 Å². The first-order valence-electron chi connectivity index (χ1n) is 11.8. The van der Waals surface area contributed by atoms with E-state index in [2.05, 4.69) is 20.1 Å². The zero-order valence-corrected chi connectivity index (χ0v) is 19.0. The predicted octanol–water partition coefficient (Wildman–Crippen LogP) is 4.29. The van der Waals surface area contributed by atoms with E-state index in [1.54, 1.807) is 20.3 Å². The summed E-state index contributed by atoms with van der Waals surface area (Å²) in [6, 6.07) is 5.38. The second-order valence-electron chi connectivity index (χ2n) is 9.64. The van der Waals surface area contributed by atoms with Crippen LogP contribution in [-0.4, -0.2) is 53.0 Å². The molecule has 2 heterocycles. The molecule has 1 aromatic carbocycles. The second-order valence-corrected chi connectivity index (χ2v) is 9.64. The number of ether oxygens (including phenoxy) is 2. The minimum Gasteiger partial charge on any atom is -0.493 e. The largest absolute Gasteiger partial charge is 0.493 e. The number of urea groups is 1. The fourth-order valence-electron chi connectivity index (χ4n) is 5.61. The highest BCUT2D eigenvalue weighted by molar-refractivity contribution is 5.90. The van der Waals surface area contributed by atoms with E-state index in [0.717, 1.165) is 37.7 Å². The molecule has 1 unspecified atom stereocenters. The first-order valence-corrected chi connectivity index (χ1v) is 11.8. The third-order valence-electron chi connectivity index (χ3n) is 7.53. The second kappa shape index (κ2) is 8.64. The molecule has 2 amide bonds. The van der Waals surface area contributed by atoms with Crippen molar-refractivity contribution in [2.45, 2.75) is 57.4 Å². The molecule has 1 aromatic heterocycles. The van der Waals surface area contributed by atoms with Crippen LogP contribution in [0.4, 0.5) is 10.5 Å². The van der Waals surface area contributed by atoms with E-state index in [0.29, 0.717) is 23.7 Å². The molecule has 8 heteroatoms. The van der Waals surface area contributed by atoms with Crippen molar-refractivity contribution in [2.75, 3.05) is 32.6 Å². The minimum atomic E-state index is -0.0714. The maximum Gasteiger partial charge on any atom is 0.321 e. The molecule has 2 aliphatic carbocycles. The maximum absolute atomic E-state index is 13.3. The topological polar surface area (TPSA) is 81.5 Å². The van der Waals surface area contributed by atoms with Crippen molar-refractivity contribution >= 4 is 11.7 Å². The van der Waals surface area contributed by atoms with Crippen molar-refractivity contribution in [1.29, 1.82) is 0 Å². The number of rotatable bonds is 6. The van der Waals surface area contributed by atoms with Crippen LogP contribution in [0.2, 0.25) is 0 Å². The molecule has 2 aromatic rings. The highest BCUT2D eigenvalue weighted by Crippen LogP contribution is 2.52. The van der Waals surface area contributed by atoms with Gasteiger partial charge in [0.15, 0.2) is 11.5 Å². The highest BCUT2D eigenvalue weighted by Gasteiger charge is 2.50. The Balaban J connectivity index is 1.36. The lowest BCUT2D eigenvalue weighted by Gasteiger charge is -2.37. The number of methoxy groups -OCH3 is 2. The van der Waals surface area contributed by atoms with Gasteiger partial charge in [0.2, 0.25) is 0 Å². The highest BCUT2D eigenvalue weighted by atomic mass is 16.5. The molecule has 3 aliphatic rings. The SMILES string of the molecule is COc1ccc(NC(=O)N2CC(c3nncn3CC3CC3)C3(CCCCC3)C2)cc1OC. The molecule has 3 fully saturated rings. The number of aromatic nitrogens is 3. The Kier molecular flexibility index (Phi) is 5.69. The molecular formula is C24H33N5O3. The van der Waals surface area contributed by atoms with E-state index >= 15 is 0 Å². The monoisotopic (exact) mass is 439 g/mol. The third kappa shape index (κ3) is 4.02. The normalized spacial score (nSPS) is 22.2. The lowest BCUT2D eigenvalue weighted by molar-refractivity contribution is 0.167. The van der Waals surface area contributed by atoms with Crippen LogP contribution in [0.1, 0.15) is 56.7 Å². The van der Waals surface area contributed by atoms with Crippen LogP contribution < -0.4 is 14.8 Å². The Bertz CT molecular complexity index is 964. The van der Waals surface area contributed by atoms with Gasteiger partial charge >= 0.3 is 6.03 Å². The number of anilines is 1. The Morgan fingerprint density at radius 3 is 2.66 bits per heavy atom. The molecule has 1 spiro atoms. The molecule has 32 heavy (non-hydrogen) atoms. The molecule has 0 radical (unpaired) electrons. The van der Waals surface area contributed by atoms with Gasteiger partial charge in [-0.15, -0.1) is 10.2 Å². The molecule has 2 saturated carbocycles. The number of likely N-dealkylation sites (tertiary alicyclic amines) is 1. The zero-order valence-electron chi connectivity index (χ0n) is 19.0. The standard InChI is InChI=1S/C24H33N5O3/c1-31-20-9-8-18(12-21(20)32-2)26-23(30)28-14-19(24(15-28)10-4-3-5-11-24)22-27-25-16-29(22)13-17-6-7-17/h8-9,12,16-17,19H,3-7,10-11,13-15H2,1-2H3,(H,26,30). The molecule has 1 saturated heterocycles. The van der Waals surface area contributed by atoms with E-state index in [9.17, 15) is 4.79 Å². The van der Waals surface area contributed by atoms with Gasteiger partial charge in [-0.2, -0.15) is 0 Å². The number of hydrogen-bond acceptors (Lipinski definition) is 5. The number of benzene rings is 1. The summed E-state index contributed by atoms with van der Waals surface area (Å²) in [5.41, 5.74) is 0.798. The number of carbonyl (C=O) groups is 1. The quantitative estimate of drug-likeness (QED) is 0.726.